The number of thiophene rings is 1. The van der Waals surface area contributed by atoms with Crippen LogP contribution in [0.25, 0.3) is 0 Å². The van der Waals surface area contributed by atoms with Gasteiger partial charge in [0.2, 0.25) is 0 Å². The van der Waals surface area contributed by atoms with Gasteiger partial charge in [-0.3, -0.25) is 4.79 Å². The summed E-state index contributed by atoms with van der Waals surface area (Å²) >= 11 is 1.57. The highest BCUT2D eigenvalue weighted by Gasteiger charge is 2.30. The third kappa shape index (κ3) is 4.89. The summed E-state index contributed by atoms with van der Waals surface area (Å²) in [6.07, 6.45) is 2.96. The molecule has 1 aliphatic heterocycles. The Balaban J connectivity index is 1.70. The quantitative estimate of drug-likeness (QED) is 0.584. The number of ether oxygens (including phenoxy) is 1. The van der Waals surface area contributed by atoms with Crippen LogP contribution in [0.3, 0.4) is 0 Å². The van der Waals surface area contributed by atoms with Crippen molar-refractivity contribution in [3.05, 3.63) is 16.0 Å². The van der Waals surface area contributed by atoms with E-state index in [1.807, 2.05) is 6.92 Å². The smallest absolute Gasteiger partial charge is 0.341 e. The highest BCUT2D eigenvalue weighted by atomic mass is 32.1. The minimum absolute atomic E-state index is 0.00198. The first-order chi connectivity index (χ1) is 13.0. The number of anilines is 1. The monoisotopic (exact) mass is 395 g/mol. The van der Waals surface area contributed by atoms with Gasteiger partial charge in [0, 0.05) is 4.88 Å². The molecule has 6 nitrogen and oxygen atoms in total. The Morgan fingerprint density at radius 1 is 1.19 bits per heavy atom. The van der Waals surface area contributed by atoms with Crippen LogP contribution in [0, 0.1) is 5.92 Å². The van der Waals surface area contributed by atoms with Crippen molar-refractivity contribution in [1.82, 2.24) is 0 Å². The number of likely N-dealkylation sites (N-methyl/N-ethyl adjacent to an activating group) is 1. The second-order valence-corrected chi connectivity index (χ2v) is 8.96. The molecule has 1 aliphatic carbocycles. The Bertz CT molecular complexity index is 680. The van der Waals surface area contributed by atoms with Gasteiger partial charge >= 0.3 is 5.97 Å². The topological polar surface area (TPSA) is 64.3 Å². The fourth-order valence-corrected chi connectivity index (χ4v) is 5.56. The normalized spacial score (nSPS) is 24.9. The molecule has 2 heterocycles. The molecule has 1 fully saturated rings. The Morgan fingerprint density at radius 2 is 1.89 bits per heavy atom. The molecule has 0 radical (unpaired) electrons. The van der Waals surface area contributed by atoms with Crippen molar-refractivity contribution in [3.63, 3.8) is 0 Å². The van der Waals surface area contributed by atoms with Crippen LogP contribution in [0.1, 0.15) is 48.0 Å². The van der Waals surface area contributed by atoms with Crippen molar-refractivity contribution in [2.24, 2.45) is 5.92 Å². The van der Waals surface area contributed by atoms with Crippen molar-refractivity contribution in [2.75, 3.05) is 51.2 Å². The molecule has 1 aromatic heterocycles. The molecule has 1 atom stereocenters. The van der Waals surface area contributed by atoms with Crippen molar-refractivity contribution >= 4 is 28.2 Å². The van der Waals surface area contributed by atoms with E-state index in [0.717, 1.165) is 57.5 Å². The molecule has 1 aromatic rings. The molecule has 2 aliphatic rings. The predicted octanol–water partition coefficient (Wildman–Crippen LogP) is -0.209. The van der Waals surface area contributed by atoms with Crippen LogP contribution in [0.2, 0.25) is 0 Å². The molecule has 1 unspecified atom stereocenters. The van der Waals surface area contributed by atoms with E-state index in [9.17, 15) is 9.59 Å². The molecule has 7 heteroatoms. The molecular formula is C20H33N3O3S+2. The second-order valence-electron chi connectivity index (χ2n) is 7.85. The zero-order valence-electron chi connectivity index (χ0n) is 16.8. The van der Waals surface area contributed by atoms with Crippen LogP contribution in [0.15, 0.2) is 0 Å². The van der Waals surface area contributed by atoms with Crippen molar-refractivity contribution in [2.45, 2.75) is 40.0 Å². The summed E-state index contributed by atoms with van der Waals surface area (Å²) in [4.78, 5) is 29.4. The number of esters is 1. The maximum atomic E-state index is 12.7. The van der Waals surface area contributed by atoms with Crippen molar-refractivity contribution in [1.29, 1.82) is 0 Å². The first kappa shape index (κ1) is 20.3. The lowest BCUT2D eigenvalue weighted by atomic mass is 9.88. The van der Waals surface area contributed by atoms with E-state index in [0.29, 0.717) is 29.6 Å². The molecule has 0 saturated carbocycles. The lowest BCUT2D eigenvalue weighted by Crippen LogP contribution is -3.28. The van der Waals surface area contributed by atoms with Crippen LogP contribution in [-0.4, -0.2) is 57.8 Å². The highest BCUT2D eigenvalue weighted by molar-refractivity contribution is 7.17. The largest absolute Gasteiger partial charge is 0.462 e. The molecule has 0 spiro atoms. The summed E-state index contributed by atoms with van der Waals surface area (Å²) in [5.41, 5.74) is 1.70. The second kappa shape index (κ2) is 9.17. The number of carbonyl (C=O) groups excluding carboxylic acids is 2. The molecule has 3 N–H and O–H groups in total. The molecule has 3 rings (SSSR count). The van der Waals surface area contributed by atoms with E-state index in [-0.39, 0.29) is 11.9 Å². The Hall–Kier alpha value is -1.44. The van der Waals surface area contributed by atoms with Gasteiger partial charge in [0.1, 0.15) is 31.2 Å². The number of rotatable bonds is 6. The van der Waals surface area contributed by atoms with E-state index in [4.69, 9.17) is 4.74 Å². The van der Waals surface area contributed by atoms with E-state index >= 15 is 0 Å². The van der Waals surface area contributed by atoms with E-state index in [2.05, 4.69) is 19.2 Å². The summed E-state index contributed by atoms with van der Waals surface area (Å²) in [6, 6.07) is 0. The SMILES string of the molecule is CCOC(=O)c1c(NC(=O)C[NH+]2CC[NH+](CC)CC2)sc2c1CCC(C)C2. The fraction of sp³-hybridized carbons (Fsp3) is 0.700. The first-order valence-electron chi connectivity index (χ1n) is 10.3. The van der Waals surface area contributed by atoms with Gasteiger partial charge in [0.15, 0.2) is 6.54 Å². The number of carbonyl (C=O) groups is 2. The maximum Gasteiger partial charge on any atom is 0.341 e. The molecular weight excluding hydrogens is 362 g/mol. The number of quaternary nitrogens is 2. The zero-order chi connectivity index (χ0) is 19.4. The van der Waals surface area contributed by atoms with Gasteiger partial charge < -0.3 is 19.9 Å². The van der Waals surface area contributed by atoms with Crippen LogP contribution in [0.5, 0.6) is 0 Å². The van der Waals surface area contributed by atoms with Gasteiger partial charge in [-0.1, -0.05) is 6.92 Å². The molecule has 1 saturated heterocycles. The van der Waals surface area contributed by atoms with Gasteiger partial charge in [-0.15, -0.1) is 11.3 Å². The van der Waals surface area contributed by atoms with Gasteiger partial charge in [-0.05, 0) is 44.6 Å². The third-order valence-electron chi connectivity index (χ3n) is 5.82. The Labute approximate surface area is 165 Å². The van der Waals surface area contributed by atoms with Crippen LogP contribution >= 0.6 is 11.3 Å². The fourth-order valence-electron chi connectivity index (χ4n) is 4.14. The molecule has 150 valence electrons. The minimum atomic E-state index is -0.299. The molecule has 0 aromatic carbocycles. The van der Waals surface area contributed by atoms with Crippen LogP contribution in [0.4, 0.5) is 5.00 Å². The van der Waals surface area contributed by atoms with E-state index in [1.165, 1.54) is 9.78 Å². The average Bonchev–Trinajstić information content (AvgIpc) is 2.99. The van der Waals surface area contributed by atoms with Crippen LogP contribution < -0.4 is 15.1 Å². The van der Waals surface area contributed by atoms with Gasteiger partial charge in [0.25, 0.3) is 5.91 Å². The number of fused-ring (bicyclic) bond motifs is 1. The average molecular weight is 396 g/mol. The number of piperazine rings is 1. The van der Waals surface area contributed by atoms with Gasteiger partial charge in [-0.2, -0.15) is 0 Å². The Kier molecular flexibility index (Phi) is 6.89. The summed E-state index contributed by atoms with van der Waals surface area (Å²) < 4.78 is 5.28. The summed E-state index contributed by atoms with van der Waals surface area (Å²) in [5.74, 6) is 0.325. The van der Waals surface area contributed by atoms with Gasteiger partial charge in [-0.25, -0.2) is 4.79 Å². The summed E-state index contributed by atoms with van der Waals surface area (Å²) in [6.45, 7) is 12.5. The lowest BCUT2D eigenvalue weighted by molar-refractivity contribution is -1.01. The van der Waals surface area contributed by atoms with E-state index < -0.39 is 0 Å². The number of amides is 1. The van der Waals surface area contributed by atoms with Crippen molar-refractivity contribution in [3.8, 4) is 0 Å². The minimum Gasteiger partial charge on any atom is -0.462 e. The summed E-state index contributed by atoms with van der Waals surface area (Å²) in [5, 5.41) is 3.74. The number of hydrogen-bond donors (Lipinski definition) is 3. The maximum absolute atomic E-state index is 12.7. The molecule has 27 heavy (non-hydrogen) atoms. The standard InChI is InChI=1S/C20H31N3O3S/c1-4-22-8-10-23(11-9-22)13-17(24)21-19-18(20(25)26-5-2)15-7-6-14(3)12-16(15)27-19/h14H,4-13H2,1-3H3,(H,21,24)/p+2. The van der Waals surface area contributed by atoms with Crippen molar-refractivity contribution < 1.29 is 24.1 Å². The Morgan fingerprint density at radius 3 is 2.56 bits per heavy atom. The predicted molar refractivity (Wildman–Crippen MR) is 107 cm³/mol. The van der Waals surface area contributed by atoms with Gasteiger partial charge in [0.05, 0.1) is 18.7 Å². The first-order valence-corrected chi connectivity index (χ1v) is 11.1. The summed E-state index contributed by atoms with van der Waals surface area (Å²) in [7, 11) is 0. The third-order valence-corrected chi connectivity index (χ3v) is 6.99. The lowest BCUT2D eigenvalue weighted by Gasteiger charge is -2.28. The number of hydrogen-bond acceptors (Lipinski definition) is 4. The number of nitrogens with one attached hydrogen (secondary N) is 3. The molecule has 0 bridgehead atoms. The zero-order valence-corrected chi connectivity index (χ0v) is 17.6. The van der Waals surface area contributed by atoms with E-state index in [1.54, 1.807) is 16.2 Å². The molecule has 1 amide bonds. The highest BCUT2D eigenvalue weighted by Crippen LogP contribution is 2.40. The van der Waals surface area contributed by atoms with Crippen LogP contribution in [-0.2, 0) is 22.4 Å².